The van der Waals surface area contributed by atoms with E-state index in [4.69, 9.17) is 0 Å². The molecule has 0 radical (unpaired) electrons. The topological polar surface area (TPSA) is 20.2 Å². The number of nitrogens with one attached hydrogen (secondary N) is 1. The van der Waals surface area contributed by atoms with Gasteiger partial charge in [0.1, 0.15) is 0 Å². The molecule has 0 saturated heterocycles. The Kier molecular flexibility index (Phi) is 4.84. The Hall–Kier alpha value is -2.10. The first-order chi connectivity index (χ1) is 12.7. The molecule has 3 heteroatoms. The van der Waals surface area contributed by atoms with Crippen LogP contribution in [0.15, 0.2) is 48.5 Å². The van der Waals surface area contributed by atoms with E-state index in [-0.39, 0.29) is 0 Å². The van der Waals surface area contributed by atoms with Crippen LogP contribution in [0.5, 0.6) is 0 Å². The third-order valence-electron chi connectivity index (χ3n) is 5.74. The van der Waals surface area contributed by atoms with Crippen LogP contribution in [0, 0.1) is 0 Å². The zero-order chi connectivity index (χ0) is 18.1. The van der Waals surface area contributed by atoms with E-state index >= 15 is 0 Å². The molecule has 0 unspecified atom stereocenters. The summed E-state index contributed by atoms with van der Waals surface area (Å²) in [6.07, 6.45) is 1.16. The van der Waals surface area contributed by atoms with E-state index in [1.165, 1.54) is 27.6 Å². The second-order valence-electron chi connectivity index (χ2n) is 7.52. The van der Waals surface area contributed by atoms with Gasteiger partial charge in [-0.2, -0.15) is 0 Å². The number of nitrogens with zero attached hydrogens (tertiary/aromatic N) is 2. The molecule has 1 aromatic heterocycles. The van der Waals surface area contributed by atoms with Crippen LogP contribution < -0.4 is 5.32 Å². The van der Waals surface area contributed by atoms with Crippen molar-refractivity contribution in [3.8, 4) is 0 Å². The zero-order valence-corrected chi connectivity index (χ0v) is 16.1. The van der Waals surface area contributed by atoms with Gasteiger partial charge in [-0.3, -0.25) is 0 Å². The summed E-state index contributed by atoms with van der Waals surface area (Å²) >= 11 is 0. The van der Waals surface area contributed by atoms with E-state index < -0.39 is 0 Å². The van der Waals surface area contributed by atoms with Crippen molar-refractivity contribution in [2.75, 3.05) is 13.6 Å². The van der Waals surface area contributed by atoms with Crippen LogP contribution in [0.25, 0.3) is 10.9 Å². The van der Waals surface area contributed by atoms with Crippen molar-refractivity contribution in [1.29, 1.82) is 0 Å². The van der Waals surface area contributed by atoms with Crippen LogP contribution in [0.1, 0.15) is 42.3 Å². The van der Waals surface area contributed by atoms with Crippen LogP contribution in [0.4, 0.5) is 0 Å². The molecule has 0 spiro atoms. The first-order valence-corrected chi connectivity index (χ1v) is 9.77. The van der Waals surface area contributed by atoms with Gasteiger partial charge in [0.15, 0.2) is 0 Å². The summed E-state index contributed by atoms with van der Waals surface area (Å²) in [4.78, 5) is 2.43. The van der Waals surface area contributed by atoms with Gasteiger partial charge in [0.25, 0.3) is 0 Å². The summed E-state index contributed by atoms with van der Waals surface area (Å²) in [6, 6.07) is 18.0. The lowest BCUT2D eigenvalue weighted by Crippen LogP contribution is -2.27. The Morgan fingerprint density at radius 3 is 2.69 bits per heavy atom. The average Bonchev–Trinajstić information content (AvgIpc) is 2.99. The second kappa shape index (κ2) is 7.26. The van der Waals surface area contributed by atoms with Gasteiger partial charge in [-0.25, -0.2) is 0 Å². The first kappa shape index (κ1) is 17.3. The lowest BCUT2D eigenvalue weighted by Gasteiger charge is -2.24. The maximum Gasteiger partial charge on any atom is 0.0486 e. The van der Waals surface area contributed by atoms with Crippen LogP contribution in [-0.4, -0.2) is 23.1 Å². The molecule has 4 rings (SSSR count). The van der Waals surface area contributed by atoms with E-state index in [1.54, 1.807) is 5.69 Å². The SMILES string of the molecule is CCn1c2c(c3cc(CN[C@H](C)c4ccccc4)ccc31)CN(C)CC2. The Morgan fingerprint density at radius 1 is 1.12 bits per heavy atom. The van der Waals surface area contributed by atoms with Crippen LogP contribution in [0.3, 0.4) is 0 Å². The maximum atomic E-state index is 3.67. The van der Waals surface area contributed by atoms with E-state index in [9.17, 15) is 0 Å². The molecular weight excluding hydrogens is 318 g/mol. The fraction of sp³-hybridized carbons (Fsp3) is 0.391. The molecule has 3 aromatic rings. The van der Waals surface area contributed by atoms with E-state index in [0.717, 1.165) is 32.6 Å². The third kappa shape index (κ3) is 3.17. The number of fused-ring (bicyclic) bond motifs is 3. The first-order valence-electron chi connectivity index (χ1n) is 9.77. The van der Waals surface area contributed by atoms with Crippen LogP contribution in [0.2, 0.25) is 0 Å². The van der Waals surface area contributed by atoms with Gasteiger partial charge in [0.2, 0.25) is 0 Å². The summed E-state index contributed by atoms with van der Waals surface area (Å²) in [6.45, 7) is 8.67. The molecule has 1 aliphatic rings. The number of hydrogen-bond acceptors (Lipinski definition) is 2. The molecule has 1 N–H and O–H groups in total. The van der Waals surface area contributed by atoms with Gasteiger partial charge in [0.05, 0.1) is 0 Å². The normalized spacial score (nSPS) is 16.0. The van der Waals surface area contributed by atoms with Crippen molar-refractivity contribution in [2.24, 2.45) is 0 Å². The summed E-state index contributed by atoms with van der Waals surface area (Å²) in [5, 5.41) is 5.12. The third-order valence-corrected chi connectivity index (χ3v) is 5.74. The molecule has 0 saturated carbocycles. The predicted molar refractivity (Wildman–Crippen MR) is 109 cm³/mol. The molecular formula is C23H29N3. The smallest absolute Gasteiger partial charge is 0.0486 e. The van der Waals surface area contributed by atoms with Crippen molar-refractivity contribution in [3.63, 3.8) is 0 Å². The zero-order valence-electron chi connectivity index (χ0n) is 16.1. The number of rotatable bonds is 5. The highest BCUT2D eigenvalue weighted by molar-refractivity contribution is 5.86. The molecule has 3 nitrogen and oxygen atoms in total. The Morgan fingerprint density at radius 2 is 1.92 bits per heavy atom. The molecule has 0 amide bonds. The highest BCUT2D eigenvalue weighted by Gasteiger charge is 2.21. The summed E-state index contributed by atoms with van der Waals surface area (Å²) in [7, 11) is 2.23. The van der Waals surface area contributed by atoms with Gasteiger partial charge in [-0.05, 0) is 49.7 Å². The minimum atomic E-state index is 0.354. The minimum absolute atomic E-state index is 0.354. The average molecular weight is 348 g/mol. The monoisotopic (exact) mass is 347 g/mol. The number of likely N-dealkylation sites (N-methyl/N-ethyl adjacent to an activating group) is 1. The highest BCUT2D eigenvalue weighted by Crippen LogP contribution is 2.31. The maximum absolute atomic E-state index is 3.67. The lowest BCUT2D eigenvalue weighted by atomic mass is 10.0. The fourth-order valence-corrected chi connectivity index (χ4v) is 4.23. The van der Waals surface area contributed by atoms with Crippen molar-refractivity contribution in [2.45, 2.75) is 45.9 Å². The lowest BCUT2D eigenvalue weighted by molar-refractivity contribution is 0.309. The second-order valence-corrected chi connectivity index (χ2v) is 7.52. The van der Waals surface area contributed by atoms with E-state index in [0.29, 0.717) is 6.04 Å². The largest absolute Gasteiger partial charge is 0.344 e. The molecule has 0 bridgehead atoms. The number of hydrogen-bond donors (Lipinski definition) is 1. The Bertz CT molecular complexity index is 895. The van der Waals surface area contributed by atoms with Crippen LogP contribution >= 0.6 is 0 Å². The molecule has 2 heterocycles. The molecule has 1 aliphatic heterocycles. The van der Waals surface area contributed by atoms with Crippen LogP contribution in [-0.2, 0) is 26.1 Å². The molecule has 2 aromatic carbocycles. The molecule has 0 fully saturated rings. The predicted octanol–water partition coefficient (Wildman–Crippen LogP) is 4.50. The standard InChI is InChI=1S/C23H29N3/c1-4-26-22-11-10-18(15-24-17(2)19-8-6-5-7-9-19)14-20(22)21-16-25(3)13-12-23(21)26/h5-11,14,17,24H,4,12-13,15-16H2,1-3H3/t17-/m1/s1. The van der Waals surface area contributed by atoms with Gasteiger partial charge >= 0.3 is 0 Å². The number of benzene rings is 2. The summed E-state index contributed by atoms with van der Waals surface area (Å²) < 4.78 is 2.52. The molecule has 26 heavy (non-hydrogen) atoms. The molecule has 0 aliphatic carbocycles. The Balaban J connectivity index is 1.60. The number of aromatic nitrogens is 1. The van der Waals surface area contributed by atoms with Gasteiger partial charge in [0, 0.05) is 55.2 Å². The van der Waals surface area contributed by atoms with Crippen molar-refractivity contribution >= 4 is 10.9 Å². The molecule has 136 valence electrons. The summed E-state index contributed by atoms with van der Waals surface area (Å²) in [5.74, 6) is 0. The molecule has 1 atom stereocenters. The fourth-order valence-electron chi connectivity index (χ4n) is 4.23. The van der Waals surface area contributed by atoms with Gasteiger partial charge in [-0.15, -0.1) is 0 Å². The summed E-state index contributed by atoms with van der Waals surface area (Å²) in [5.41, 5.74) is 7.18. The van der Waals surface area contributed by atoms with Gasteiger partial charge in [-0.1, -0.05) is 36.4 Å². The highest BCUT2D eigenvalue weighted by atomic mass is 15.1. The minimum Gasteiger partial charge on any atom is -0.344 e. The van der Waals surface area contributed by atoms with Crippen molar-refractivity contribution < 1.29 is 0 Å². The number of aryl methyl sites for hydroxylation is 1. The van der Waals surface area contributed by atoms with E-state index in [1.807, 2.05) is 0 Å². The van der Waals surface area contributed by atoms with Crippen molar-refractivity contribution in [3.05, 3.63) is 70.9 Å². The van der Waals surface area contributed by atoms with Crippen molar-refractivity contribution in [1.82, 2.24) is 14.8 Å². The van der Waals surface area contributed by atoms with Gasteiger partial charge < -0.3 is 14.8 Å². The quantitative estimate of drug-likeness (QED) is 0.733. The van der Waals surface area contributed by atoms with E-state index in [2.05, 4.69) is 84.2 Å². The Labute approximate surface area is 156 Å².